The van der Waals surface area contributed by atoms with Gasteiger partial charge in [0.05, 0.1) is 24.4 Å². The van der Waals surface area contributed by atoms with E-state index < -0.39 is 0 Å². The van der Waals surface area contributed by atoms with Crippen molar-refractivity contribution in [3.8, 4) is 11.4 Å². The lowest BCUT2D eigenvalue weighted by Crippen LogP contribution is -2.47. The van der Waals surface area contributed by atoms with Crippen LogP contribution in [0.5, 0.6) is 0 Å². The van der Waals surface area contributed by atoms with Gasteiger partial charge in [-0.15, -0.1) is 0 Å². The number of benzene rings is 1. The van der Waals surface area contributed by atoms with Gasteiger partial charge in [0.15, 0.2) is 5.82 Å². The minimum Gasteiger partial charge on any atom is -0.372 e. The van der Waals surface area contributed by atoms with E-state index in [1.54, 1.807) is 6.92 Å². The Balaban J connectivity index is 1.80. The summed E-state index contributed by atoms with van der Waals surface area (Å²) in [4.78, 5) is 25.9. The Labute approximate surface area is 160 Å². The van der Waals surface area contributed by atoms with Crippen LogP contribution in [0, 0.1) is 0 Å². The Kier molecular flexibility index (Phi) is 4.83. The van der Waals surface area contributed by atoms with Crippen LogP contribution in [0.15, 0.2) is 30.3 Å². The molecule has 6 nitrogen and oxygen atoms in total. The Hall–Kier alpha value is -2.47. The van der Waals surface area contributed by atoms with Gasteiger partial charge in [-0.2, -0.15) is 0 Å². The van der Waals surface area contributed by atoms with Gasteiger partial charge in [0.2, 0.25) is 5.91 Å². The fraction of sp³-hybridized carbons (Fsp3) is 0.476. The summed E-state index contributed by atoms with van der Waals surface area (Å²) in [6.07, 6.45) is 1.05. The molecule has 0 radical (unpaired) electrons. The zero-order valence-corrected chi connectivity index (χ0v) is 16.2. The molecule has 6 heteroatoms. The van der Waals surface area contributed by atoms with Gasteiger partial charge in [-0.3, -0.25) is 4.79 Å². The Morgan fingerprint density at radius 1 is 1.11 bits per heavy atom. The van der Waals surface area contributed by atoms with E-state index in [0.717, 1.165) is 48.0 Å². The van der Waals surface area contributed by atoms with Crippen LogP contribution in [-0.4, -0.2) is 52.6 Å². The second-order valence-electron chi connectivity index (χ2n) is 7.51. The second kappa shape index (κ2) is 7.27. The molecule has 1 aromatic heterocycles. The largest absolute Gasteiger partial charge is 0.372 e. The van der Waals surface area contributed by atoms with Crippen molar-refractivity contribution in [3.05, 3.63) is 41.6 Å². The van der Waals surface area contributed by atoms with Crippen molar-refractivity contribution in [1.29, 1.82) is 0 Å². The predicted octanol–water partition coefficient (Wildman–Crippen LogP) is 2.66. The Morgan fingerprint density at radius 2 is 1.81 bits per heavy atom. The number of amides is 1. The lowest BCUT2D eigenvalue weighted by atomic mass is 10.0. The molecule has 1 saturated heterocycles. The molecule has 0 N–H and O–H groups in total. The molecule has 4 rings (SSSR count). The monoisotopic (exact) mass is 366 g/mol. The van der Waals surface area contributed by atoms with Crippen molar-refractivity contribution in [2.45, 2.75) is 45.9 Å². The predicted molar refractivity (Wildman–Crippen MR) is 104 cm³/mol. The number of rotatable bonds is 2. The van der Waals surface area contributed by atoms with Crippen molar-refractivity contribution < 1.29 is 9.53 Å². The van der Waals surface area contributed by atoms with Gasteiger partial charge in [0.25, 0.3) is 0 Å². The molecule has 1 amide bonds. The molecule has 2 aliphatic rings. The molecule has 0 bridgehead atoms. The maximum atomic E-state index is 11.9. The SMILES string of the molecule is CC(=O)N1CCc2nc(-c3ccccc3)nc(N3CC(C)OC(C)C3)c2C1. The fourth-order valence-corrected chi connectivity index (χ4v) is 3.99. The van der Waals surface area contributed by atoms with E-state index in [2.05, 4.69) is 18.7 Å². The first kappa shape index (κ1) is 17.9. The molecule has 0 spiro atoms. The van der Waals surface area contributed by atoms with Crippen molar-refractivity contribution in [2.24, 2.45) is 0 Å². The van der Waals surface area contributed by atoms with Crippen LogP contribution in [0.2, 0.25) is 0 Å². The van der Waals surface area contributed by atoms with E-state index in [1.807, 2.05) is 35.2 Å². The van der Waals surface area contributed by atoms with E-state index in [0.29, 0.717) is 13.1 Å². The second-order valence-corrected chi connectivity index (χ2v) is 7.51. The summed E-state index contributed by atoms with van der Waals surface area (Å²) >= 11 is 0. The van der Waals surface area contributed by atoms with E-state index in [1.165, 1.54) is 0 Å². The highest BCUT2D eigenvalue weighted by molar-refractivity contribution is 5.74. The maximum Gasteiger partial charge on any atom is 0.219 e. The summed E-state index contributed by atoms with van der Waals surface area (Å²) in [6.45, 7) is 8.69. The van der Waals surface area contributed by atoms with Crippen molar-refractivity contribution in [3.63, 3.8) is 0 Å². The van der Waals surface area contributed by atoms with Crippen LogP contribution in [0.3, 0.4) is 0 Å². The van der Waals surface area contributed by atoms with Crippen LogP contribution in [-0.2, 0) is 22.5 Å². The third-order valence-electron chi connectivity index (χ3n) is 5.23. The highest BCUT2D eigenvalue weighted by atomic mass is 16.5. The summed E-state index contributed by atoms with van der Waals surface area (Å²) in [5, 5.41) is 0. The molecule has 2 unspecified atom stereocenters. The van der Waals surface area contributed by atoms with Gasteiger partial charge in [-0.1, -0.05) is 30.3 Å². The molecule has 1 aromatic carbocycles. The van der Waals surface area contributed by atoms with Gasteiger partial charge in [-0.05, 0) is 13.8 Å². The van der Waals surface area contributed by atoms with Crippen molar-refractivity contribution in [1.82, 2.24) is 14.9 Å². The van der Waals surface area contributed by atoms with Gasteiger partial charge in [-0.25, -0.2) is 9.97 Å². The molecule has 142 valence electrons. The van der Waals surface area contributed by atoms with Gasteiger partial charge < -0.3 is 14.5 Å². The zero-order chi connectivity index (χ0) is 19.0. The number of hydrogen-bond acceptors (Lipinski definition) is 5. The first-order valence-electron chi connectivity index (χ1n) is 9.62. The average Bonchev–Trinajstić information content (AvgIpc) is 2.66. The Bertz CT molecular complexity index is 830. The minimum atomic E-state index is 0.0995. The lowest BCUT2D eigenvalue weighted by Gasteiger charge is -2.38. The average molecular weight is 366 g/mol. The van der Waals surface area contributed by atoms with Crippen LogP contribution in [0.1, 0.15) is 32.0 Å². The molecule has 3 heterocycles. The summed E-state index contributed by atoms with van der Waals surface area (Å²) in [5.74, 6) is 1.81. The van der Waals surface area contributed by atoms with E-state index in [4.69, 9.17) is 14.7 Å². The summed E-state index contributed by atoms with van der Waals surface area (Å²) in [5.41, 5.74) is 3.16. The standard InChI is InChI=1S/C21H26N4O2/c1-14-11-25(12-15(2)27-14)21-18-13-24(16(3)26)10-9-19(18)22-20(23-21)17-7-5-4-6-8-17/h4-8,14-15H,9-13H2,1-3H3. The number of nitrogens with zero attached hydrogens (tertiary/aromatic N) is 4. The van der Waals surface area contributed by atoms with E-state index >= 15 is 0 Å². The van der Waals surface area contributed by atoms with Crippen molar-refractivity contribution >= 4 is 11.7 Å². The topological polar surface area (TPSA) is 58.6 Å². The summed E-state index contributed by atoms with van der Waals surface area (Å²) < 4.78 is 5.91. The molecular formula is C21H26N4O2. The van der Waals surface area contributed by atoms with Crippen molar-refractivity contribution in [2.75, 3.05) is 24.5 Å². The summed E-state index contributed by atoms with van der Waals surface area (Å²) in [7, 11) is 0. The van der Waals surface area contributed by atoms with Crippen LogP contribution in [0.25, 0.3) is 11.4 Å². The first-order valence-corrected chi connectivity index (χ1v) is 9.62. The molecule has 1 fully saturated rings. The van der Waals surface area contributed by atoms with Crippen LogP contribution < -0.4 is 4.90 Å². The quantitative estimate of drug-likeness (QED) is 0.818. The number of carbonyl (C=O) groups is 1. The third kappa shape index (κ3) is 3.67. The molecule has 2 atom stereocenters. The van der Waals surface area contributed by atoms with Gasteiger partial charge in [0, 0.05) is 44.1 Å². The molecule has 27 heavy (non-hydrogen) atoms. The third-order valence-corrected chi connectivity index (χ3v) is 5.23. The molecule has 2 aromatic rings. The highest BCUT2D eigenvalue weighted by Gasteiger charge is 2.30. The van der Waals surface area contributed by atoms with Gasteiger partial charge >= 0.3 is 0 Å². The first-order chi connectivity index (χ1) is 13.0. The molecule has 2 aliphatic heterocycles. The van der Waals surface area contributed by atoms with E-state index in [9.17, 15) is 4.79 Å². The number of carbonyl (C=O) groups excluding carboxylic acids is 1. The number of aromatic nitrogens is 2. The number of ether oxygens (including phenoxy) is 1. The van der Waals surface area contributed by atoms with Crippen LogP contribution >= 0.6 is 0 Å². The molecule has 0 saturated carbocycles. The maximum absolute atomic E-state index is 11.9. The van der Waals surface area contributed by atoms with E-state index in [-0.39, 0.29) is 18.1 Å². The number of hydrogen-bond donors (Lipinski definition) is 0. The summed E-state index contributed by atoms with van der Waals surface area (Å²) in [6, 6.07) is 10.1. The minimum absolute atomic E-state index is 0.0995. The zero-order valence-electron chi connectivity index (χ0n) is 16.2. The van der Waals surface area contributed by atoms with Crippen LogP contribution in [0.4, 0.5) is 5.82 Å². The fourth-order valence-electron chi connectivity index (χ4n) is 3.99. The lowest BCUT2D eigenvalue weighted by molar-refractivity contribution is -0.129. The van der Waals surface area contributed by atoms with Gasteiger partial charge in [0.1, 0.15) is 5.82 Å². The highest BCUT2D eigenvalue weighted by Crippen LogP contribution is 2.31. The normalized spacial score (nSPS) is 22.5. The number of fused-ring (bicyclic) bond motifs is 1. The Morgan fingerprint density at radius 3 is 2.48 bits per heavy atom. The smallest absolute Gasteiger partial charge is 0.219 e. The number of morpholine rings is 1. The molecule has 0 aliphatic carbocycles. The molecular weight excluding hydrogens is 340 g/mol. The number of anilines is 1.